The second-order valence-corrected chi connectivity index (χ2v) is 8.77. The van der Waals surface area contributed by atoms with E-state index < -0.39 is 17.8 Å². The fourth-order valence-electron chi connectivity index (χ4n) is 3.55. The van der Waals surface area contributed by atoms with E-state index >= 15 is 0 Å². The number of piperazine rings is 1. The first-order valence-corrected chi connectivity index (χ1v) is 11.3. The Labute approximate surface area is 190 Å². The summed E-state index contributed by atoms with van der Waals surface area (Å²) in [5.74, 6) is -0.404. The maximum Gasteiger partial charge on any atom is 0.416 e. The van der Waals surface area contributed by atoms with Crippen LogP contribution in [0.15, 0.2) is 59.5 Å². The number of nitrogens with one attached hydrogen (secondary N) is 1. The molecule has 0 aliphatic carbocycles. The standard InChI is InChI=1S/C23H26F3N3O2S/c1-17(30)27-21(16-32-20-9-5-8-19(14-20)23(24,25)26)22(31)29-12-10-28(11-13-29)15-18-6-3-2-4-7-18/h2-9,14,21H,10-13,15-16H2,1H3,(H,27,30). The number of nitrogens with zero attached hydrogens (tertiary/aromatic N) is 2. The van der Waals surface area contributed by atoms with Gasteiger partial charge in [0.25, 0.3) is 0 Å². The SMILES string of the molecule is CC(=O)NC(CSc1cccc(C(F)(F)F)c1)C(=O)N1CCN(Cc2ccccc2)CC1. The summed E-state index contributed by atoms with van der Waals surface area (Å²) in [6.07, 6.45) is -4.43. The average Bonchev–Trinajstić information content (AvgIpc) is 2.77. The van der Waals surface area contributed by atoms with Gasteiger partial charge >= 0.3 is 6.18 Å². The van der Waals surface area contributed by atoms with Gasteiger partial charge in [-0.2, -0.15) is 13.2 Å². The highest BCUT2D eigenvalue weighted by Gasteiger charge is 2.31. The summed E-state index contributed by atoms with van der Waals surface area (Å²) in [5, 5.41) is 2.66. The zero-order valence-electron chi connectivity index (χ0n) is 17.8. The number of carbonyl (C=O) groups excluding carboxylic acids is 2. The van der Waals surface area contributed by atoms with Gasteiger partial charge in [-0.05, 0) is 23.8 Å². The molecule has 5 nitrogen and oxygen atoms in total. The quantitative estimate of drug-likeness (QED) is 0.635. The molecular formula is C23H26F3N3O2S. The van der Waals surface area contributed by atoms with E-state index in [2.05, 4.69) is 22.3 Å². The highest BCUT2D eigenvalue weighted by molar-refractivity contribution is 7.99. The summed E-state index contributed by atoms with van der Waals surface area (Å²) < 4.78 is 38.8. The molecule has 1 saturated heterocycles. The third kappa shape index (κ3) is 7.00. The van der Waals surface area contributed by atoms with Crippen LogP contribution in [0.3, 0.4) is 0 Å². The molecular weight excluding hydrogens is 439 g/mol. The summed E-state index contributed by atoms with van der Waals surface area (Å²) in [7, 11) is 0. The Morgan fingerprint density at radius 1 is 1.03 bits per heavy atom. The Balaban J connectivity index is 1.57. The molecule has 3 rings (SSSR count). The van der Waals surface area contributed by atoms with Crippen molar-refractivity contribution in [1.29, 1.82) is 0 Å². The lowest BCUT2D eigenvalue weighted by Gasteiger charge is -2.36. The van der Waals surface area contributed by atoms with Crippen LogP contribution < -0.4 is 5.32 Å². The van der Waals surface area contributed by atoms with Gasteiger partial charge in [-0.3, -0.25) is 14.5 Å². The Hall–Kier alpha value is -2.52. The van der Waals surface area contributed by atoms with Crippen LogP contribution in [0.5, 0.6) is 0 Å². The number of benzene rings is 2. The van der Waals surface area contributed by atoms with Crippen LogP contribution in [0.25, 0.3) is 0 Å². The maximum atomic E-state index is 13.0. The number of rotatable bonds is 7. The Morgan fingerprint density at radius 3 is 2.34 bits per heavy atom. The summed E-state index contributed by atoms with van der Waals surface area (Å²) in [6.45, 7) is 4.64. The van der Waals surface area contributed by atoms with Crippen molar-refractivity contribution in [1.82, 2.24) is 15.1 Å². The van der Waals surface area contributed by atoms with Gasteiger partial charge in [0.05, 0.1) is 5.56 Å². The zero-order chi connectivity index (χ0) is 23.1. The number of carbonyl (C=O) groups is 2. The van der Waals surface area contributed by atoms with E-state index in [-0.39, 0.29) is 17.6 Å². The first-order chi connectivity index (χ1) is 15.2. The molecule has 2 aromatic rings. The van der Waals surface area contributed by atoms with E-state index in [9.17, 15) is 22.8 Å². The predicted molar refractivity (Wildman–Crippen MR) is 118 cm³/mol. The van der Waals surface area contributed by atoms with Crippen molar-refractivity contribution >= 4 is 23.6 Å². The minimum atomic E-state index is -4.43. The third-order valence-electron chi connectivity index (χ3n) is 5.19. The number of alkyl halides is 3. The predicted octanol–water partition coefficient (Wildman–Crippen LogP) is 3.65. The van der Waals surface area contributed by atoms with E-state index in [0.717, 1.165) is 30.4 Å². The van der Waals surface area contributed by atoms with Crippen molar-refractivity contribution < 1.29 is 22.8 Å². The van der Waals surface area contributed by atoms with Crippen molar-refractivity contribution in [3.63, 3.8) is 0 Å². The summed E-state index contributed by atoms with van der Waals surface area (Å²) >= 11 is 1.12. The van der Waals surface area contributed by atoms with Crippen LogP contribution in [0.1, 0.15) is 18.1 Å². The van der Waals surface area contributed by atoms with Gasteiger partial charge < -0.3 is 10.2 Å². The Kier molecular flexibility index (Phi) is 8.20. The number of hydrogen-bond donors (Lipinski definition) is 1. The summed E-state index contributed by atoms with van der Waals surface area (Å²) in [5.41, 5.74) is 0.473. The first kappa shape index (κ1) is 24.1. The number of amides is 2. The highest BCUT2D eigenvalue weighted by Crippen LogP contribution is 2.32. The van der Waals surface area contributed by atoms with Crippen LogP contribution in [-0.2, 0) is 22.3 Å². The van der Waals surface area contributed by atoms with Crippen LogP contribution in [0.2, 0.25) is 0 Å². The molecule has 172 valence electrons. The van der Waals surface area contributed by atoms with Gasteiger partial charge in [0, 0.05) is 50.3 Å². The molecule has 2 amide bonds. The monoisotopic (exact) mass is 465 g/mol. The lowest BCUT2D eigenvalue weighted by molar-refractivity contribution is -0.138. The molecule has 1 fully saturated rings. The normalized spacial score (nSPS) is 15.9. The van der Waals surface area contributed by atoms with E-state index in [1.165, 1.54) is 18.6 Å². The van der Waals surface area contributed by atoms with Gasteiger partial charge in [-0.25, -0.2) is 0 Å². The van der Waals surface area contributed by atoms with E-state index in [4.69, 9.17) is 0 Å². The average molecular weight is 466 g/mol. The molecule has 0 bridgehead atoms. The van der Waals surface area contributed by atoms with Crippen LogP contribution >= 0.6 is 11.8 Å². The van der Waals surface area contributed by atoms with Crippen LogP contribution in [0, 0.1) is 0 Å². The molecule has 0 radical (unpaired) electrons. The summed E-state index contributed by atoms with van der Waals surface area (Å²) in [4.78, 5) is 29.1. The highest BCUT2D eigenvalue weighted by atomic mass is 32.2. The first-order valence-electron chi connectivity index (χ1n) is 10.3. The van der Waals surface area contributed by atoms with Crippen LogP contribution in [-0.4, -0.2) is 59.6 Å². The molecule has 2 aromatic carbocycles. The lowest BCUT2D eigenvalue weighted by atomic mass is 10.2. The van der Waals surface area contributed by atoms with E-state index in [1.54, 1.807) is 11.0 Å². The lowest BCUT2D eigenvalue weighted by Crippen LogP contribution is -2.55. The van der Waals surface area contributed by atoms with Crippen LogP contribution in [0.4, 0.5) is 13.2 Å². The second kappa shape index (κ2) is 10.9. The number of thioether (sulfide) groups is 1. The van der Waals surface area contributed by atoms with Gasteiger partial charge in [0.2, 0.25) is 11.8 Å². The molecule has 9 heteroatoms. The minimum Gasteiger partial charge on any atom is -0.344 e. The van der Waals surface area contributed by atoms with E-state index in [1.807, 2.05) is 18.2 Å². The second-order valence-electron chi connectivity index (χ2n) is 7.68. The van der Waals surface area contributed by atoms with Gasteiger partial charge in [0.15, 0.2) is 0 Å². The van der Waals surface area contributed by atoms with Gasteiger partial charge in [-0.15, -0.1) is 11.8 Å². The fourth-order valence-corrected chi connectivity index (χ4v) is 4.52. The summed E-state index contributed by atoms with van der Waals surface area (Å²) in [6, 6.07) is 14.3. The molecule has 1 N–H and O–H groups in total. The largest absolute Gasteiger partial charge is 0.416 e. The van der Waals surface area contributed by atoms with Crippen molar-refractivity contribution in [2.24, 2.45) is 0 Å². The maximum absolute atomic E-state index is 13.0. The molecule has 1 unspecified atom stereocenters. The molecule has 0 spiro atoms. The van der Waals surface area contributed by atoms with Crippen molar-refractivity contribution in [2.75, 3.05) is 31.9 Å². The van der Waals surface area contributed by atoms with Gasteiger partial charge in [0.1, 0.15) is 6.04 Å². The Bertz CT molecular complexity index is 916. The molecule has 1 aliphatic rings. The molecule has 1 aliphatic heterocycles. The smallest absolute Gasteiger partial charge is 0.344 e. The molecule has 1 atom stereocenters. The molecule has 32 heavy (non-hydrogen) atoms. The Morgan fingerprint density at radius 2 is 1.72 bits per heavy atom. The number of halogens is 3. The molecule has 0 saturated carbocycles. The number of hydrogen-bond acceptors (Lipinski definition) is 4. The minimum absolute atomic E-state index is 0.157. The third-order valence-corrected chi connectivity index (χ3v) is 6.27. The van der Waals surface area contributed by atoms with E-state index in [0.29, 0.717) is 31.1 Å². The van der Waals surface area contributed by atoms with Gasteiger partial charge in [-0.1, -0.05) is 36.4 Å². The fraction of sp³-hybridized carbons (Fsp3) is 0.391. The van der Waals surface area contributed by atoms with Crippen molar-refractivity contribution in [2.45, 2.75) is 30.6 Å². The van der Waals surface area contributed by atoms with Crippen molar-refractivity contribution in [3.8, 4) is 0 Å². The topological polar surface area (TPSA) is 52.7 Å². The zero-order valence-corrected chi connectivity index (χ0v) is 18.6. The molecule has 1 heterocycles. The van der Waals surface area contributed by atoms with Crippen molar-refractivity contribution in [3.05, 3.63) is 65.7 Å². The molecule has 0 aromatic heterocycles.